The molecule has 0 bridgehead atoms. The summed E-state index contributed by atoms with van der Waals surface area (Å²) < 4.78 is 24.5. The molecule has 1 atom stereocenters. The number of nitro benzene ring substituents is 1. The van der Waals surface area contributed by atoms with Gasteiger partial charge in [-0.05, 0) is 47.2 Å². The number of benzene rings is 5. The van der Waals surface area contributed by atoms with Crippen LogP contribution in [0, 0.1) is 17.0 Å². The van der Waals surface area contributed by atoms with Gasteiger partial charge >= 0.3 is 8.25 Å². The predicted molar refractivity (Wildman–Crippen MR) is 142 cm³/mol. The van der Waals surface area contributed by atoms with Crippen molar-refractivity contribution in [1.29, 1.82) is 0 Å². The number of hydrogen-bond donors (Lipinski definition) is 0. The fourth-order valence-electron chi connectivity index (χ4n) is 4.21. The molecule has 0 fully saturated rings. The van der Waals surface area contributed by atoms with E-state index in [2.05, 4.69) is 0 Å². The van der Waals surface area contributed by atoms with Gasteiger partial charge in [-0.15, -0.1) is 0 Å². The molecule has 0 amide bonds. The molecule has 5 aromatic carbocycles. The van der Waals surface area contributed by atoms with Gasteiger partial charge in [0, 0.05) is 21.6 Å². The predicted octanol–water partition coefficient (Wildman–Crippen LogP) is 8.51. The van der Waals surface area contributed by atoms with E-state index < -0.39 is 13.2 Å². The first kappa shape index (κ1) is 23.2. The molecule has 0 radical (unpaired) electrons. The highest BCUT2D eigenvalue weighted by Gasteiger charge is 2.30. The first-order valence-electron chi connectivity index (χ1n) is 11.3. The Labute approximate surface area is 208 Å². The minimum atomic E-state index is -2.63. The lowest BCUT2D eigenvalue weighted by molar-refractivity contribution is -0.384. The molecule has 0 aliphatic heterocycles. The van der Waals surface area contributed by atoms with Crippen LogP contribution in [0.3, 0.4) is 0 Å². The van der Waals surface area contributed by atoms with Crippen LogP contribution in [0.25, 0.3) is 33.0 Å². The molecule has 0 spiro atoms. The maximum absolute atomic E-state index is 13.0. The Bertz CT molecular complexity index is 1580. The van der Waals surface area contributed by atoms with E-state index in [-0.39, 0.29) is 11.4 Å². The average molecular weight is 494 g/mol. The summed E-state index contributed by atoms with van der Waals surface area (Å²) in [5.74, 6) is 0.659. The molecule has 0 aliphatic carbocycles. The second-order valence-corrected chi connectivity index (χ2v) is 9.00. The maximum Gasteiger partial charge on any atom is 0.805 e. The topological polar surface area (TPSA) is 78.7 Å². The second kappa shape index (κ2) is 9.98. The van der Waals surface area contributed by atoms with Crippen molar-refractivity contribution in [2.45, 2.75) is 6.92 Å². The summed E-state index contributed by atoms with van der Waals surface area (Å²) in [6.45, 7) is 1.80. The molecular weight excluding hydrogens is 473 g/mol. The molecule has 5 rings (SSSR count). The largest absolute Gasteiger partial charge is 0.805 e. The fraction of sp³-hybridized carbons (Fsp3) is 0.0345. The van der Waals surface area contributed by atoms with Gasteiger partial charge in [-0.3, -0.25) is 10.1 Å². The van der Waals surface area contributed by atoms with Crippen molar-refractivity contribution in [3.8, 4) is 33.8 Å². The first-order valence-corrected chi connectivity index (χ1v) is 12.4. The summed E-state index contributed by atoms with van der Waals surface area (Å²) >= 11 is 0. The standard InChI is InChI=1S/C29H21NO5P/c1-20-8-7-13-27(30(31)32)28(20)26-19-16-23-11-5-6-12-25(23)29(26)35-36(33)34-24-17-14-22(15-18-24)21-9-3-2-4-10-21/h2-19H,1H3/q+1. The minimum absolute atomic E-state index is 0.0530. The maximum atomic E-state index is 13.0. The molecule has 0 saturated carbocycles. The zero-order chi connectivity index (χ0) is 25.1. The number of nitrogens with zero attached hydrogens (tertiary/aromatic N) is 1. The van der Waals surface area contributed by atoms with Gasteiger partial charge in [-0.2, -0.15) is 0 Å². The van der Waals surface area contributed by atoms with Gasteiger partial charge in [0.15, 0.2) is 5.75 Å². The van der Waals surface area contributed by atoms with Crippen molar-refractivity contribution < 1.29 is 18.5 Å². The summed E-state index contributed by atoms with van der Waals surface area (Å²) in [5, 5.41) is 13.3. The molecule has 0 N–H and O–H groups in total. The van der Waals surface area contributed by atoms with Crippen LogP contribution in [0.15, 0.2) is 109 Å². The first-order chi connectivity index (χ1) is 17.5. The van der Waals surface area contributed by atoms with E-state index >= 15 is 0 Å². The van der Waals surface area contributed by atoms with Gasteiger partial charge in [0.1, 0.15) is 0 Å². The van der Waals surface area contributed by atoms with Crippen LogP contribution in [-0.4, -0.2) is 4.92 Å². The van der Waals surface area contributed by atoms with E-state index in [4.69, 9.17) is 9.05 Å². The molecule has 1 unspecified atom stereocenters. The zero-order valence-corrected chi connectivity index (χ0v) is 20.2. The lowest BCUT2D eigenvalue weighted by Crippen LogP contribution is -1.97. The molecule has 7 heteroatoms. The van der Waals surface area contributed by atoms with E-state index in [1.165, 1.54) is 6.07 Å². The molecule has 0 heterocycles. The molecule has 5 aromatic rings. The quantitative estimate of drug-likeness (QED) is 0.129. The number of aryl methyl sites for hydroxylation is 1. The highest BCUT2D eigenvalue weighted by molar-refractivity contribution is 7.34. The Morgan fingerprint density at radius 3 is 2.17 bits per heavy atom. The fourth-order valence-corrected chi connectivity index (χ4v) is 4.89. The smallest absolute Gasteiger partial charge is 0.258 e. The van der Waals surface area contributed by atoms with Gasteiger partial charge < -0.3 is 0 Å². The van der Waals surface area contributed by atoms with Crippen LogP contribution in [0.4, 0.5) is 5.69 Å². The number of rotatable bonds is 7. The van der Waals surface area contributed by atoms with Crippen LogP contribution >= 0.6 is 8.25 Å². The lowest BCUT2D eigenvalue weighted by Gasteiger charge is -2.11. The van der Waals surface area contributed by atoms with Crippen LogP contribution < -0.4 is 9.05 Å². The van der Waals surface area contributed by atoms with Crippen LogP contribution in [0.2, 0.25) is 0 Å². The van der Waals surface area contributed by atoms with Gasteiger partial charge in [-0.1, -0.05) is 84.9 Å². The van der Waals surface area contributed by atoms with Gasteiger partial charge in [0.25, 0.3) is 5.69 Å². The minimum Gasteiger partial charge on any atom is -0.258 e. The Balaban J connectivity index is 1.50. The van der Waals surface area contributed by atoms with Crippen molar-refractivity contribution in [2.75, 3.05) is 0 Å². The number of fused-ring (bicyclic) bond motifs is 1. The zero-order valence-electron chi connectivity index (χ0n) is 19.3. The number of hydrogen-bond acceptors (Lipinski definition) is 5. The molecule has 0 aliphatic rings. The molecule has 0 aromatic heterocycles. The van der Waals surface area contributed by atoms with Crippen molar-refractivity contribution in [2.24, 2.45) is 0 Å². The van der Waals surface area contributed by atoms with E-state index in [0.717, 1.165) is 16.5 Å². The summed E-state index contributed by atoms with van der Waals surface area (Å²) in [5.41, 5.74) is 3.61. The van der Waals surface area contributed by atoms with Crippen molar-refractivity contribution >= 4 is 24.7 Å². The van der Waals surface area contributed by atoms with Gasteiger partial charge in [0.2, 0.25) is 5.75 Å². The average Bonchev–Trinajstić information content (AvgIpc) is 2.90. The van der Waals surface area contributed by atoms with E-state index in [1.54, 1.807) is 37.3 Å². The number of nitro groups is 1. The van der Waals surface area contributed by atoms with E-state index in [9.17, 15) is 14.7 Å². The summed E-state index contributed by atoms with van der Waals surface area (Å²) in [7, 11) is -2.63. The molecule has 176 valence electrons. The van der Waals surface area contributed by atoms with Gasteiger partial charge in [-0.25, -0.2) is 9.05 Å². The van der Waals surface area contributed by atoms with Crippen LogP contribution in [-0.2, 0) is 4.57 Å². The molecule has 0 saturated heterocycles. The summed E-state index contributed by atoms with van der Waals surface area (Å²) in [4.78, 5) is 11.4. The Morgan fingerprint density at radius 2 is 1.42 bits per heavy atom. The van der Waals surface area contributed by atoms with E-state index in [1.807, 2.05) is 72.8 Å². The van der Waals surface area contributed by atoms with Crippen molar-refractivity contribution in [3.63, 3.8) is 0 Å². The Hall–Kier alpha value is -4.54. The monoisotopic (exact) mass is 494 g/mol. The Kier molecular flexibility index (Phi) is 6.44. The highest BCUT2D eigenvalue weighted by Crippen LogP contribution is 2.45. The third-order valence-electron chi connectivity index (χ3n) is 5.90. The normalized spacial score (nSPS) is 11.2. The summed E-state index contributed by atoms with van der Waals surface area (Å²) in [6.07, 6.45) is 0. The second-order valence-electron chi connectivity index (χ2n) is 8.19. The van der Waals surface area contributed by atoms with Crippen LogP contribution in [0.5, 0.6) is 11.5 Å². The summed E-state index contributed by atoms with van der Waals surface area (Å²) in [6, 6.07) is 33.1. The van der Waals surface area contributed by atoms with E-state index in [0.29, 0.717) is 27.8 Å². The Morgan fingerprint density at radius 1 is 0.722 bits per heavy atom. The molecule has 6 nitrogen and oxygen atoms in total. The van der Waals surface area contributed by atoms with Crippen LogP contribution in [0.1, 0.15) is 5.56 Å². The van der Waals surface area contributed by atoms with Gasteiger partial charge in [0.05, 0.1) is 10.5 Å². The SMILES string of the molecule is Cc1cccc([N+](=O)[O-])c1-c1ccc2ccccc2c1O[P+](=O)Oc1ccc(-c2ccccc2)cc1. The highest BCUT2D eigenvalue weighted by atomic mass is 31.1. The molecule has 36 heavy (non-hydrogen) atoms. The third-order valence-corrected chi connectivity index (χ3v) is 6.60. The third kappa shape index (κ3) is 4.67. The molecular formula is C29H21NO5P+. The van der Waals surface area contributed by atoms with Crippen molar-refractivity contribution in [3.05, 3.63) is 125 Å². The lowest BCUT2D eigenvalue weighted by atomic mass is 9.95. The van der Waals surface area contributed by atoms with Crippen molar-refractivity contribution in [1.82, 2.24) is 0 Å².